The van der Waals surface area contributed by atoms with E-state index >= 15 is 0 Å². The quantitative estimate of drug-likeness (QED) is 0.528. The molecule has 0 atom stereocenters. The first-order valence-corrected chi connectivity index (χ1v) is 9.95. The van der Waals surface area contributed by atoms with Gasteiger partial charge < -0.3 is 10.2 Å². The first kappa shape index (κ1) is 20.0. The molecule has 0 unspecified atom stereocenters. The van der Waals surface area contributed by atoms with Crippen LogP contribution in [0.1, 0.15) is 6.42 Å². The summed E-state index contributed by atoms with van der Waals surface area (Å²) < 4.78 is 25.9. The summed E-state index contributed by atoms with van der Waals surface area (Å²) in [4.78, 5) is 15.1. The molecule has 0 saturated carbocycles. The smallest absolute Gasteiger partial charge is 0.243 e. The number of carbonyl (C=O) groups is 1. The zero-order valence-corrected chi connectivity index (χ0v) is 15.7. The summed E-state index contributed by atoms with van der Waals surface area (Å²) in [5.41, 5.74) is 0. The highest BCUT2D eigenvalue weighted by atomic mass is 32.2. The Labute approximate surface area is 143 Å². The Kier molecular flexibility index (Phi) is 8.04. The number of rotatable bonds is 9. The Morgan fingerprint density at radius 1 is 1.17 bits per heavy atom. The zero-order valence-electron chi connectivity index (χ0n) is 14.1. The van der Waals surface area contributed by atoms with Crippen LogP contribution in [0.3, 0.4) is 0 Å². The van der Waals surface area contributed by atoms with Crippen molar-refractivity contribution in [3.8, 4) is 0 Å². The van der Waals surface area contributed by atoms with Gasteiger partial charge in [-0.1, -0.05) is 0 Å². The number of sulfonamides is 1. The molecule has 0 heterocycles. The maximum Gasteiger partial charge on any atom is 0.243 e. The Morgan fingerprint density at radius 2 is 1.78 bits per heavy atom. The lowest BCUT2D eigenvalue weighted by Gasteiger charge is -2.17. The summed E-state index contributed by atoms with van der Waals surface area (Å²) >= 11 is 1.54. The molecule has 0 aliphatic heterocycles. The van der Waals surface area contributed by atoms with E-state index in [2.05, 4.69) is 5.32 Å². The highest BCUT2D eigenvalue weighted by Gasteiger charge is 2.22. The van der Waals surface area contributed by atoms with Crippen molar-refractivity contribution in [2.24, 2.45) is 0 Å². The van der Waals surface area contributed by atoms with E-state index in [4.69, 9.17) is 0 Å². The summed E-state index contributed by atoms with van der Waals surface area (Å²) in [6.45, 7) is 1.22. The zero-order chi connectivity index (χ0) is 17.5. The van der Waals surface area contributed by atoms with Crippen LogP contribution in [0.5, 0.6) is 0 Å². The van der Waals surface area contributed by atoms with Crippen LogP contribution < -0.4 is 5.32 Å². The van der Waals surface area contributed by atoms with E-state index in [1.807, 2.05) is 25.3 Å². The van der Waals surface area contributed by atoms with Crippen LogP contribution in [0.15, 0.2) is 34.1 Å². The van der Waals surface area contributed by atoms with E-state index in [0.717, 1.165) is 22.2 Å². The Balaban J connectivity index is 2.57. The van der Waals surface area contributed by atoms with Crippen molar-refractivity contribution in [2.45, 2.75) is 16.2 Å². The molecule has 1 aromatic rings. The van der Waals surface area contributed by atoms with Crippen molar-refractivity contribution in [3.63, 3.8) is 0 Å². The van der Waals surface area contributed by atoms with Gasteiger partial charge in [-0.3, -0.25) is 4.79 Å². The molecule has 0 bridgehead atoms. The van der Waals surface area contributed by atoms with Crippen LogP contribution in [-0.2, 0) is 14.8 Å². The van der Waals surface area contributed by atoms with Gasteiger partial charge in [0, 0.05) is 18.5 Å². The fraction of sp³-hybridized carbons (Fsp3) is 0.533. The summed E-state index contributed by atoms with van der Waals surface area (Å²) in [6, 6.07) is 6.64. The first-order chi connectivity index (χ1) is 10.8. The van der Waals surface area contributed by atoms with Crippen LogP contribution >= 0.6 is 11.8 Å². The lowest BCUT2D eigenvalue weighted by atomic mass is 10.4. The molecule has 0 spiro atoms. The van der Waals surface area contributed by atoms with Crippen LogP contribution in [0, 0.1) is 0 Å². The number of hydrogen-bond acceptors (Lipinski definition) is 5. The first-order valence-electron chi connectivity index (χ1n) is 7.29. The molecule has 1 rings (SSSR count). The highest BCUT2D eigenvalue weighted by molar-refractivity contribution is 7.98. The molecule has 0 aliphatic carbocycles. The van der Waals surface area contributed by atoms with E-state index in [9.17, 15) is 13.2 Å². The minimum Gasteiger partial charge on any atom is -0.355 e. The van der Waals surface area contributed by atoms with Gasteiger partial charge in [0.2, 0.25) is 15.9 Å². The van der Waals surface area contributed by atoms with Crippen molar-refractivity contribution in [2.75, 3.05) is 47.0 Å². The molecule has 0 saturated heterocycles. The van der Waals surface area contributed by atoms with Gasteiger partial charge >= 0.3 is 0 Å². The van der Waals surface area contributed by atoms with E-state index in [0.29, 0.717) is 6.54 Å². The van der Waals surface area contributed by atoms with Crippen LogP contribution in [0.2, 0.25) is 0 Å². The molecule has 130 valence electrons. The lowest BCUT2D eigenvalue weighted by Crippen LogP contribution is -2.39. The molecule has 0 aliphatic rings. The van der Waals surface area contributed by atoms with Gasteiger partial charge in [-0.05, 0) is 57.6 Å². The van der Waals surface area contributed by atoms with Gasteiger partial charge in [0.05, 0.1) is 11.4 Å². The van der Waals surface area contributed by atoms with E-state index in [-0.39, 0.29) is 17.3 Å². The minimum absolute atomic E-state index is 0.186. The molecule has 1 amide bonds. The number of nitrogens with one attached hydrogen (secondary N) is 1. The molecule has 1 N–H and O–H groups in total. The number of hydrogen-bond donors (Lipinski definition) is 1. The highest BCUT2D eigenvalue weighted by Crippen LogP contribution is 2.19. The third-order valence-corrected chi connectivity index (χ3v) is 5.80. The SMILES string of the molecule is CSc1ccc(S(=O)(=O)N(C)CC(=O)NCCCN(C)C)cc1. The van der Waals surface area contributed by atoms with Crippen molar-refractivity contribution >= 4 is 27.7 Å². The molecular formula is C15H25N3O3S2. The molecule has 0 fully saturated rings. The van der Waals surface area contributed by atoms with Crippen molar-refractivity contribution in [1.82, 2.24) is 14.5 Å². The van der Waals surface area contributed by atoms with E-state index in [1.54, 1.807) is 36.0 Å². The fourth-order valence-corrected chi connectivity index (χ4v) is 3.43. The Bertz CT molecular complexity index is 601. The lowest BCUT2D eigenvalue weighted by molar-refractivity contribution is -0.121. The number of amides is 1. The predicted molar refractivity (Wildman–Crippen MR) is 94.2 cm³/mol. The van der Waals surface area contributed by atoms with Crippen molar-refractivity contribution in [3.05, 3.63) is 24.3 Å². The molecule has 6 nitrogen and oxygen atoms in total. The van der Waals surface area contributed by atoms with Crippen LogP contribution in [0.4, 0.5) is 0 Å². The Hall–Kier alpha value is -1.09. The van der Waals surface area contributed by atoms with Gasteiger partial charge in [-0.25, -0.2) is 8.42 Å². The topological polar surface area (TPSA) is 69.7 Å². The van der Waals surface area contributed by atoms with Gasteiger partial charge in [-0.15, -0.1) is 11.8 Å². The Morgan fingerprint density at radius 3 is 2.30 bits per heavy atom. The summed E-state index contributed by atoms with van der Waals surface area (Å²) in [5, 5.41) is 2.74. The van der Waals surface area contributed by atoms with Crippen molar-refractivity contribution < 1.29 is 13.2 Å². The fourth-order valence-electron chi connectivity index (χ4n) is 1.89. The molecule has 1 aromatic carbocycles. The van der Waals surface area contributed by atoms with Gasteiger partial charge in [0.25, 0.3) is 0 Å². The average Bonchev–Trinajstić information content (AvgIpc) is 2.51. The van der Waals surface area contributed by atoms with Crippen LogP contribution in [0.25, 0.3) is 0 Å². The molecule has 8 heteroatoms. The second-order valence-corrected chi connectivity index (χ2v) is 8.37. The summed E-state index contributed by atoms with van der Waals surface area (Å²) in [7, 11) is 1.69. The summed E-state index contributed by atoms with van der Waals surface area (Å²) in [6.07, 6.45) is 2.75. The van der Waals surface area contributed by atoms with Crippen molar-refractivity contribution in [1.29, 1.82) is 0 Å². The second kappa shape index (κ2) is 9.27. The number of carbonyl (C=O) groups excluding carboxylic acids is 1. The van der Waals surface area contributed by atoms with E-state index < -0.39 is 10.0 Å². The predicted octanol–water partition coefficient (Wildman–Crippen LogP) is 1.10. The maximum atomic E-state index is 12.4. The van der Waals surface area contributed by atoms with Gasteiger partial charge in [-0.2, -0.15) is 4.31 Å². The number of likely N-dealkylation sites (N-methyl/N-ethyl adjacent to an activating group) is 1. The number of benzene rings is 1. The maximum absolute atomic E-state index is 12.4. The normalized spacial score (nSPS) is 11.9. The monoisotopic (exact) mass is 359 g/mol. The number of thioether (sulfide) groups is 1. The van der Waals surface area contributed by atoms with Gasteiger partial charge in [0.1, 0.15) is 0 Å². The molecule has 0 radical (unpaired) electrons. The minimum atomic E-state index is -3.65. The van der Waals surface area contributed by atoms with Crippen LogP contribution in [-0.4, -0.2) is 70.6 Å². The summed E-state index contributed by atoms with van der Waals surface area (Å²) in [5.74, 6) is -0.296. The molecule has 0 aromatic heterocycles. The van der Waals surface area contributed by atoms with Gasteiger partial charge in [0.15, 0.2) is 0 Å². The average molecular weight is 360 g/mol. The third-order valence-electron chi connectivity index (χ3n) is 3.24. The largest absolute Gasteiger partial charge is 0.355 e. The second-order valence-electron chi connectivity index (χ2n) is 5.44. The standard InChI is InChI=1S/C15H25N3O3S2/c1-17(2)11-5-10-16-15(19)12-18(3)23(20,21)14-8-6-13(22-4)7-9-14/h6-9H,5,10-12H2,1-4H3,(H,16,19). The number of nitrogens with zero attached hydrogens (tertiary/aromatic N) is 2. The molecule has 23 heavy (non-hydrogen) atoms. The third kappa shape index (κ3) is 6.50. The van der Waals surface area contributed by atoms with E-state index in [1.165, 1.54) is 7.05 Å². The molecular weight excluding hydrogens is 334 g/mol.